The van der Waals surface area contributed by atoms with E-state index < -0.39 is 23.4 Å². The fourth-order valence-electron chi connectivity index (χ4n) is 2.20. The summed E-state index contributed by atoms with van der Waals surface area (Å²) in [5.74, 6) is -2.97. The molecule has 6 heteroatoms. The monoisotopic (exact) mass is 332 g/mol. The fourth-order valence-corrected chi connectivity index (χ4v) is 2.20. The number of hydrogen-bond donors (Lipinski definition) is 1. The van der Waals surface area contributed by atoms with Crippen LogP contribution in [0.4, 0.5) is 20.2 Å². The Balaban J connectivity index is 2.15. The van der Waals surface area contributed by atoms with Crippen LogP contribution in [0.5, 0.6) is 0 Å². The predicted octanol–water partition coefficient (Wildman–Crippen LogP) is 3.57. The molecule has 0 fully saturated rings. The van der Waals surface area contributed by atoms with Crippen LogP contribution in [0.3, 0.4) is 0 Å². The summed E-state index contributed by atoms with van der Waals surface area (Å²) in [5, 5.41) is 2.69. The second-order valence-electron chi connectivity index (χ2n) is 5.55. The highest BCUT2D eigenvalue weighted by atomic mass is 19.2. The van der Waals surface area contributed by atoms with E-state index in [1.807, 2.05) is 26.0 Å². The predicted molar refractivity (Wildman–Crippen MR) is 88.9 cm³/mol. The van der Waals surface area contributed by atoms with Gasteiger partial charge < -0.3 is 10.2 Å². The minimum absolute atomic E-state index is 0.122. The van der Waals surface area contributed by atoms with E-state index in [9.17, 15) is 18.4 Å². The van der Waals surface area contributed by atoms with Gasteiger partial charge in [0.25, 0.3) is 0 Å². The maximum absolute atomic E-state index is 13.4. The number of carbonyl (C=O) groups is 2. The van der Waals surface area contributed by atoms with E-state index in [0.29, 0.717) is 5.69 Å². The van der Waals surface area contributed by atoms with Crippen LogP contribution >= 0.6 is 0 Å². The van der Waals surface area contributed by atoms with E-state index >= 15 is 0 Å². The first-order valence-electron chi connectivity index (χ1n) is 7.38. The van der Waals surface area contributed by atoms with Gasteiger partial charge >= 0.3 is 0 Å². The van der Waals surface area contributed by atoms with Gasteiger partial charge in [0.1, 0.15) is 6.54 Å². The molecule has 0 heterocycles. The van der Waals surface area contributed by atoms with Crippen molar-refractivity contribution in [1.29, 1.82) is 0 Å². The number of nitrogens with one attached hydrogen (secondary N) is 1. The fraction of sp³-hybridized carbons (Fsp3) is 0.222. The Morgan fingerprint density at radius 3 is 2.29 bits per heavy atom. The highest BCUT2D eigenvalue weighted by Gasteiger charge is 2.17. The Bertz CT molecular complexity index is 791. The van der Waals surface area contributed by atoms with Crippen LogP contribution in [0, 0.1) is 25.5 Å². The van der Waals surface area contributed by atoms with Crippen molar-refractivity contribution < 1.29 is 18.4 Å². The van der Waals surface area contributed by atoms with E-state index in [1.54, 1.807) is 6.07 Å². The Kier molecular flexibility index (Phi) is 5.28. The number of carbonyl (C=O) groups excluding carboxylic acids is 2. The number of nitrogens with zero attached hydrogens (tertiary/aromatic N) is 1. The summed E-state index contributed by atoms with van der Waals surface area (Å²) < 4.78 is 26.4. The summed E-state index contributed by atoms with van der Waals surface area (Å²) in [4.78, 5) is 25.0. The van der Waals surface area contributed by atoms with Crippen LogP contribution in [0.2, 0.25) is 0 Å². The van der Waals surface area contributed by atoms with Crippen molar-refractivity contribution in [2.24, 2.45) is 0 Å². The lowest BCUT2D eigenvalue weighted by molar-refractivity contribution is -0.120. The lowest BCUT2D eigenvalue weighted by Crippen LogP contribution is -2.36. The van der Waals surface area contributed by atoms with Gasteiger partial charge in [0.2, 0.25) is 11.8 Å². The number of benzene rings is 2. The Labute approximate surface area is 139 Å². The topological polar surface area (TPSA) is 49.4 Å². The molecule has 2 aromatic carbocycles. The van der Waals surface area contributed by atoms with Gasteiger partial charge in [-0.15, -0.1) is 0 Å². The highest BCUT2D eigenvalue weighted by molar-refractivity contribution is 6.01. The van der Waals surface area contributed by atoms with Crippen molar-refractivity contribution in [1.82, 2.24) is 0 Å². The molecule has 0 aliphatic carbocycles. The first-order valence-corrected chi connectivity index (χ1v) is 7.38. The van der Waals surface area contributed by atoms with Crippen molar-refractivity contribution in [3.05, 3.63) is 59.2 Å². The average molecular weight is 332 g/mol. The highest BCUT2D eigenvalue weighted by Crippen LogP contribution is 2.19. The summed E-state index contributed by atoms with van der Waals surface area (Å²) >= 11 is 0. The molecular formula is C18H18F2N2O2. The summed E-state index contributed by atoms with van der Waals surface area (Å²) in [6.45, 7) is 4.84. The van der Waals surface area contributed by atoms with Gasteiger partial charge in [0.15, 0.2) is 11.6 Å². The van der Waals surface area contributed by atoms with E-state index in [1.165, 1.54) is 13.0 Å². The molecule has 0 radical (unpaired) electrons. The van der Waals surface area contributed by atoms with Crippen LogP contribution in [0.1, 0.15) is 18.1 Å². The molecule has 1 N–H and O–H groups in total. The molecule has 0 bridgehead atoms. The van der Waals surface area contributed by atoms with Gasteiger partial charge in [0.05, 0.1) is 0 Å². The molecule has 0 spiro atoms. The van der Waals surface area contributed by atoms with Crippen molar-refractivity contribution in [2.45, 2.75) is 20.8 Å². The van der Waals surface area contributed by atoms with Gasteiger partial charge in [-0.05, 0) is 49.2 Å². The van der Waals surface area contributed by atoms with Gasteiger partial charge in [-0.3, -0.25) is 9.59 Å². The summed E-state index contributed by atoms with van der Waals surface area (Å²) in [6, 6.07) is 8.52. The maximum atomic E-state index is 13.4. The van der Waals surface area contributed by atoms with Crippen LogP contribution in [-0.4, -0.2) is 18.4 Å². The van der Waals surface area contributed by atoms with E-state index in [4.69, 9.17) is 0 Å². The zero-order valence-electron chi connectivity index (χ0n) is 13.7. The molecule has 0 saturated carbocycles. The van der Waals surface area contributed by atoms with E-state index in [-0.39, 0.29) is 12.2 Å². The minimum atomic E-state index is -1.08. The third-order valence-corrected chi connectivity index (χ3v) is 3.69. The third-order valence-electron chi connectivity index (χ3n) is 3.69. The van der Waals surface area contributed by atoms with Crippen molar-refractivity contribution >= 4 is 23.2 Å². The normalized spacial score (nSPS) is 10.4. The molecule has 0 atom stereocenters. The number of hydrogen-bond acceptors (Lipinski definition) is 2. The molecule has 2 amide bonds. The van der Waals surface area contributed by atoms with Gasteiger partial charge in [-0.2, -0.15) is 0 Å². The first-order chi connectivity index (χ1) is 11.3. The first kappa shape index (κ1) is 17.6. The van der Waals surface area contributed by atoms with Gasteiger partial charge in [-0.1, -0.05) is 6.07 Å². The molecule has 4 nitrogen and oxygen atoms in total. The third kappa shape index (κ3) is 4.16. The van der Waals surface area contributed by atoms with Crippen LogP contribution in [0.15, 0.2) is 36.4 Å². The number of aryl methyl sites for hydroxylation is 2. The minimum Gasteiger partial charge on any atom is -0.325 e. The second-order valence-corrected chi connectivity index (χ2v) is 5.55. The van der Waals surface area contributed by atoms with Crippen LogP contribution in [-0.2, 0) is 9.59 Å². The zero-order valence-corrected chi connectivity index (χ0v) is 13.7. The molecule has 24 heavy (non-hydrogen) atoms. The quantitative estimate of drug-likeness (QED) is 0.930. The van der Waals surface area contributed by atoms with Crippen molar-refractivity contribution in [3.63, 3.8) is 0 Å². The molecule has 0 aliphatic rings. The molecular weight excluding hydrogens is 314 g/mol. The summed E-state index contributed by atoms with van der Waals surface area (Å²) in [6.07, 6.45) is 0. The molecule has 2 rings (SSSR count). The van der Waals surface area contributed by atoms with Gasteiger partial charge in [-0.25, -0.2) is 8.78 Å². The number of rotatable bonds is 4. The molecule has 0 saturated heterocycles. The van der Waals surface area contributed by atoms with Crippen molar-refractivity contribution in [2.75, 3.05) is 16.8 Å². The zero-order chi connectivity index (χ0) is 17.9. The second kappa shape index (κ2) is 7.21. The smallest absolute Gasteiger partial charge is 0.244 e. The van der Waals surface area contributed by atoms with E-state index in [0.717, 1.165) is 28.2 Å². The molecule has 0 aromatic heterocycles. The number of amides is 2. The standard InChI is InChI=1S/C18H18F2N2O2/c1-11-4-5-14(8-12(11)2)21-18(24)10-22(13(3)23)15-6-7-16(19)17(20)9-15/h4-9H,10H2,1-3H3,(H,21,24). The summed E-state index contributed by atoms with van der Waals surface area (Å²) in [7, 11) is 0. The maximum Gasteiger partial charge on any atom is 0.244 e. The SMILES string of the molecule is CC(=O)N(CC(=O)Nc1ccc(C)c(C)c1)c1ccc(F)c(F)c1. The molecule has 2 aromatic rings. The van der Waals surface area contributed by atoms with Crippen LogP contribution in [0.25, 0.3) is 0 Å². The Morgan fingerprint density at radius 1 is 1.00 bits per heavy atom. The lowest BCUT2D eigenvalue weighted by Gasteiger charge is -2.21. The molecule has 0 aliphatic heterocycles. The number of anilines is 2. The van der Waals surface area contributed by atoms with Gasteiger partial charge in [0, 0.05) is 24.4 Å². The largest absolute Gasteiger partial charge is 0.325 e. The van der Waals surface area contributed by atoms with E-state index in [2.05, 4.69) is 5.32 Å². The Morgan fingerprint density at radius 2 is 1.71 bits per heavy atom. The number of halogens is 2. The van der Waals surface area contributed by atoms with Crippen LogP contribution < -0.4 is 10.2 Å². The molecule has 0 unspecified atom stereocenters. The summed E-state index contributed by atoms with van der Waals surface area (Å²) in [5.41, 5.74) is 2.85. The lowest BCUT2D eigenvalue weighted by atomic mass is 10.1. The average Bonchev–Trinajstić information content (AvgIpc) is 2.51. The van der Waals surface area contributed by atoms with Crippen molar-refractivity contribution in [3.8, 4) is 0 Å². The molecule has 126 valence electrons. The Hall–Kier alpha value is -2.76.